The minimum Gasteiger partial charge on any atom is -0.466 e. The van der Waals surface area contributed by atoms with Crippen molar-refractivity contribution < 1.29 is 23.9 Å². The molecular weight excluding hydrogens is 396 g/mol. The number of unbranched alkanes of at least 4 members (excludes halogenated alkanes) is 15. The van der Waals surface area contributed by atoms with E-state index in [0.29, 0.717) is 6.61 Å². The SMILES string of the molecule is CCCCCCCCCCCCCCCCCCOC(=O)CC1C(=O)NC(=O)NC1=O. The second-order valence-electron chi connectivity index (χ2n) is 8.59. The van der Waals surface area contributed by atoms with Gasteiger partial charge in [-0.2, -0.15) is 0 Å². The van der Waals surface area contributed by atoms with Gasteiger partial charge in [-0.15, -0.1) is 0 Å². The van der Waals surface area contributed by atoms with Crippen molar-refractivity contribution in [1.82, 2.24) is 10.6 Å². The number of hydrogen-bond acceptors (Lipinski definition) is 5. The molecule has 1 aliphatic rings. The van der Waals surface area contributed by atoms with Gasteiger partial charge in [0.25, 0.3) is 0 Å². The first-order valence-electron chi connectivity index (χ1n) is 12.4. The zero-order valence-corrected chi connectivity index (χ0v) is 19.3. The molecule has 4 amide bonds. The summed E-state index contributed by atoms with van der Waals surface area (Å²) < 4.78 is 5.10. The summed E-state index contributed by atoms with van der Waals surface area (Å²) in [6.07, 6.45) is 20.1. The Balaban J connectivity index is 1.84. The summed E-state index contributed by atoms with van der Waals surface area (Å²) in [6, 6.07) is -0.854. The van der Waals surface area contributed by atoms with E-state index in [4.69, 9.17) is 4.74 Å². The molecule has 1 fully saturated rings. The van der Waals surface area contributed by atoms with E-state index in [2.05, 4.69) is 6.92 Å². The Morgan fingerprint density at radius 3 is 1.48 bits per heavy atom. The third-order valence-corrected chi connectivity index (χ3v) is 5.74. The number of ether oxygens (including phenoxy) is 1. The molecule has 31 heavy (non-hydrogen) atoms. The lowest BCUT2D eigenvalue weighted by atomic mass is 10.0. The summed E-state index contributed by atoms with van der Waals surface area (Å²) in [5.74, 6) is -3.30. The quantitative estimate of drug-likeness (QED) is 0.165. The minimum atomic E-state index is -1.20. The smallest absolute Gasteiger partial charge is 0.328 e. The average molecular weight is 439 g/mol. The molecule has 0 atom stereocenters. The summed E-state index contributed by atoms with van der Waals surface area (Å²) >= 11 is 0. The van der Waals surface area contributed by atoms with Crippen LogP contribution in [0.1, 0.15) is 116 Å². The maximum atomic E-state index is 11.8. The summed E-state index contributed by atoms with van der Waals surface area (Å²) in [5, 5.41) is 3.95. The van der Waals surface area contributed by atoms with E-state index in [9.17, 15) is 19.2 Å². The fourth-order valence-electron chi connectivity index (χ4n) is 3.80. The zero-order valence-electron chi connectivity index (χ0n) is 19.3. The molecule has 0 aliphatic carbocycles. The fraction of sp³-hybridized carbons (Fsp3) is 0.833. The van der Waals surface area contributed by atoms with Gasteiger partial charge < -0.3 is 4.74 Å². The van der Waals surface area contributed by atoms with Gasteiger partial charge in [0.05, 0.1) is 13.0 Å². The largest absolute Gasteiger partial charge is 0.466 e. The van der Waals surface area contributed by atoms with Gasteiger partial charge in [0.1, 0.15) is 5.92 Å². The highest BCUT2D eigenvalue weighted by Crippen LogP contribution is 2.14. The van der Waals surface area contributed by atoms with Crippen LogP contribution in [0, 0.1) is 5.92 Å². The molecule has 0 aromatic carbocycles. The van der Waals surface area contributed by atoms with Gasteiger partial charge in [0.15, 0.2) is 0 Å². The molecule has 1 saturated heterocycles. The molecule has 1 aliphatic heterocycles. The predicted octanol–water partition coefficient (Wildman–Crippen LogP) is 5.16. The highest BCUT2D eigenvalue weighted by Gasteiger charge is 2.36. The third-order valence-electron chi connectivity index (χ3n) is 5.74. The van der Waals surface area contributed by atoms with Gasteiger partial charge >= 0.3 is 12.0 Å². The van der Waals surface area contributed by atoms with Crippen LogP contribution in [0.2, 0.25) is 0 Å². The number of imide groups is 2. The molecule has 0 spiro atoms. The van der Waals surface area contributed by atoms with Crippen molar-refractivity contribution in [2.75, 3.05) is 6.61 Å². The van der Waals surface area contributed by atoms with Crippen LogP contribution in [0.3, 0.4) is 0 Å². The normalized spacial score (nSPS) is 14.4. The summed E-state index contributed by atoms with van der Waals surface area (Å²) in [6.45, 7) is 2.56. The lowest BCUT2D eigenvalue weighted by Gasteiger charge is -2.19. The second kappa shape index (κ2) is 17.7. The Hall–Kier alpha value is -1.92. The number of carbonyl (C=O) groups is 4. The van der Waals surface area contributed by atoms with Crippen molar-refractivity contribution in [3.63, 3.8) is 0 Å². The zero-order chi connectivity index (χ0) is 22.7. The molecule has 0 bridgehead atoms. The standard InChI is InChI=1S/C24H42N2O5/c1-2-3-4-5-6-7-8-9-10-11-12-13-14-15-16-17-18-31-21(27)19-20-22(28)25-24(30)26-23(20)29/h20H,2-19H2,1H3,(H2,25,26,28,29,30). The third kappa shape index (κ3) is 13.9. The van der Waals surface area contributed by atoms with Crippen LogP contribution in [0.15, 0.2) is 0 Å². The molecule has 1 rings (SSSR count). The van der Waals surface area contributed by atoms with E-state index in [1.165, 1.54) is 83.5 Å². The van der Waals surface area contributed by atoms with Crippen molar-refractivity contribution in [3.8, 4) is 0 Å². The van der Waals surface area contributed by atoms with E-state index in [1.807, 2.05) is 10.6 Å². The van der Waals surface area contributed by atoms with E-state index >= 15 is 0 Å². The van der Waals surface area contributed by atoms with Crippen LogP contribution in [0.5, 0.6) is 0 Å². The Kier molecular flexibility index (Phi) is 15.5. The molecule has 0 aromatic heterocycles. The molecule has 0 unspecified atom stereocenters. The number of esters is 1. The summed E-state index contributed by atoms with van der Waals surface area (Å²) in [4.78, 5) is 45.9. The monoisotopic (exact) mass is 438 g/mol. The van der Waals surface area contributed by atoms with Crippen molar-refractivity contribution in [2.45, 2.75) is 116 Å². The van der Waals surface area contributed by atoms with E-state index < -0.39 is 29.7 Å². The van der Waals surface area contributed by atoms with Crippen LogP contribution in [0.25, 0.3) is 0 Å². The van der Waals surface area contributed by atoms with E-state index in [-0.39, 0.29) is 6.42 Å². The molecule has 0 radical (unpaired) electrons. The van der Waals surface area contributed by atoms with Crippen LogP contribution in [0.4, 0.5) is 4.79 Å². The van der Waals surface area contributed by atoms with Crippen molar-refractivity contribution >= 4 is 23.8 Å². The van der Waals surface area contributed by atoms with Crippen LogP contribution >= 0.6 is 0 Å². The molecule has 178 valence electrons. The first kappa shape index (κ1) is 27.1. The van der Waals surface area contributed by atoms with Gasteiger partial charge in [-0.25, -0.2) is 4.79 Å². The summed E-state index contributed by atoms with van der Waals surface area (Å²) in [5.41, 5.74) is 0. The van der Waals surface area contributed by atoms with Gasteiger partial charge in [0, 0.05) is 0 Å². The Morgan fingerprint density at radius 1 is 0.677 bits per heavy atom. The van der Waals surface area contributed by atoms with Crippen molar-refractivity contribution in [3.05, 3.63) is 0 Å². The topological polar surface area (TPSA) is 102 Å². The Labute approximate surface area is 187 Å². The number of barbiturate groups is 1. The highest BCUT2D eigenvalue weighted by atomic mass is 16.5. The highest BCUT2D eigenvalue weighted by molar-refractivity contribution is 6.17. The molecule has 0 aromatic rings. The van der Waals surface area contributed by atoms with Gasteiger partial charge in [-0.1, -0.05) is 103 Å². The van der Waals surface area contributed by atoms with Crippen LogP contribution < -0.4 is 10.6 Å². The first-order valence-corrected chi connectivity index (χ1v) is 12.4. The average Bonchev–Trinajstić information content (AvgIpc) is 2.73. The number of hydrogen-bond donors (Lipinski definition) is 2. The van der Waals surface area contributed by atoms with Crippen molar-refractivity contribution in [1.29, 1.82) is 0 Å². The van der Waals surface area contributed by atoms with Crippen LogP contribution in [-0.2, 0) is 19.1 Å². The predicted molar refractivity (Wildman–Crippen MR) is 120 cm³/mol. The maximum Gasteiger partial charge on any atom is 0.328 e. The van der Waals surface area contributed by atoms with E-state index in [1.54, 1.807) is 0 Å². The number of rotatable bonds is 19. The molecule has 7 nitrogen and oxygen atoms in total. The number of nitrogens with one attached hydrogen (secondary N) is 2. The van der Waals surface area contributed by atoms with E-state index in [0.717, 1.165) is 19.3 Å². The fourth-order valence-corrected chi connectivity index (χ4v) is 3.80. The molecular formula is C24H42N2O5. The van der Waals surface area contributed by atoms with Gasteiger partial charge in [0.2, 0.25) is 11.8 Å². The van der Waals surface area contributed by atoms with Gasteiger partial charge in [-0.3, -0.25) is 25.0 Å². The molecule has 1 heterocycles. The van der Waals surface area contributed by atoms with Gasteiger partial charge in [-0.05, 0) is 6.42 Å². The molecule has 7 heteroatoms. The second-order valence-corrected chi connectivity index (χ2v) is 8.59. The lowest BCUT2D eigenvalue weighted by Crippen LogP contribution is -2.56. The summed E-state index contributed by atoms with van der Waals surface area (Å²) in [7, 11) is 0. The number of carbonyl (C=O) groups excluding carboxylic acids is 4. The van der Waals surface area contributed by atoms with Crippen LogP contribution in [-0.4, -0.2) is 30.4 Å². The number of amides is 4. The molecule has 0 saturated carbocycles. The Bertz CT molecular complexity index is 530. The lowest BCUT2D eigenvalue weighted by molar-refractivity contribution is -0.150. The minimum absolute atomic E-state index is 0.298. The number of urea groups is 1. The first-order chi connectivity index (χ1) is 15.0. The Morgan fingerprint density at radius 2 is 1.06 bits per heavy atom. The van der Waals surface area contributed by atoms with Crippen molar-refractivity contribution in [2.24, 2.45) is 5.92 Å². The molecule has 2 N–H and O–H groups in total. The maximum absolute atomic E-state index is 11.8.